The van der Waals surface area contributed by atoms with E-state index in [1.807, 2.05) is 6.07 Å². The molecule has 0 radical (unpaired) electrons. The summed E-state index contributed by atoms with van der Waals surface area (Å²) in [6.45, 7) is 1.80. The van der Waals surface area contributed by atoms with E-state index in [1.165, 1.54) is 35.4 Å². The third-order valence-electron chi connectivity index (χ3n) is 5.84. The number of methoxy groups -OCH3 is 1. The molecule has 0 aliphatic carbocycles. The van der Waals surface area contributed by atoms with Gasteiger partial charge in [0.2, 0.25) is 10.0 Å². The molecule has 7 nitrogen and oxygen atoms in total. The van der Waals surface area contributed by atoms with Crippen LogP contribution in [0.4, 0.5) is 0 Å². The van der Waals surface area contributed by atoms with Crippen molar-refractivity contribution in [3.8, 4) is 5.75 Å². The summed E-state index contributed by atoms with van der Waals surface area (Å²) in [5.74, 6) is 0.725. The van der Waals surface area contributed by atoms with Gasteiger partial charge >= 0.3 is 0 Å². The highest BCUT2D eigenvalue weighted by molar-refractivity contribution is 7.89. The molecule has 0 aromatic heterocycles. The molecule has 2 aliphatic rings. The van der Waals surface area contributed by atoms with Gasteiger partial charge in [0.05, 0.1) is 24.2 Å². The van der Waals surface area contributed by atoms with E-state index in [2.05, 4.69) is 12.1 Å². The van der Waals surface area contributed by atoms with E-state index in [1.54, 1.807) is 12.0 Å². The van der Waals surface area contributed by atoms with Crippen LogP contribution in [0.15, 0.2) is 47.4 Å². The van der Waals surface area contributed by atoms with Gasteiger partial charge in [-0.3, -0.25) is 4.79 Å². The number of fused-ring (bicyclic) bond motifs is 2. The largest absolute Gasteiger partial charge is 0.497 e. The molecule has 29 heavy (non-hydrogen) atoms. The molecule has 8 heteroatoms. The lowest BCUT2D eigenvalue weighted by molar-refractivity contribution is -0.0935. The monoisotopic (exact) mass is 416 g/mol. The van der Waals surface area contributed by atoms with Gasteiger partial charge in [0, 0.05) is 18.7 Å². The SMILES string of the molecule is COc1ccc2c(c1)CCOC21CCN(C(=O)c2ccc(S(N)(=O)=O)cc2)CC1. The van der Waals surface area contributed by atoms with Crippen LogP contribution < -0.4 is 9.88 Å². The van der Waals surface area contributed by atoms with Crippen molar-refractivity contribution in [2.75, 3.05) is 26.8 Å². The Morgan fingerprint density at radius 3 is 2.45 bits per heavy atom. The normalized spacial score (nSPS) is 18.3. The summed E-state index contributed by atoms with van der Waals surface area (Å²) >= 11 is 0. The number of carbonyl (C=O) groups excluding carboxylic acids is 1. The Bertz CT molecular complexity index is 1030. The Balaban J connectivity index is 1.49. The molecule has 2 aromatic carbocycles. The molecule has 2 aromatic rings. The molecule has 4 rings (SSSR count). The van der Waals surface area contributed by atoms with Gasteiger partial charge < -0.3 is 14.4 Å². The van der Waals surface area contributed by atoms with Crippen molar-refractivity contribution in [3.05, 3.63) is 59.2 Å². The second-order valence-electron chi connectivity index (χ2n) is 7.48. The van der Waals surface area contributed by atoms with Gasteiger partial charge in [0.25, 0.3) is 5.91 Å². The molecule has 0 bridgehead atoms. The summed E-state index contributed by atoms with van der Waals surface area (Å²) in [4.78, 5) is 14.6. The maximum absolute atomic E-state index is 12.8. The summed E-state index contributed by atoms with van der Waals surface area (Å²) in [6.07, 6.45) is 2.29. The molecule has 2 N–H and O–H groups in total. The number of rotatable bonds is 3. The Labute approximate surface area is 170 Å². The van der Waals surface area contributed by atoms with Crippen LogP contribution in [0.3, 0.4) is 0 Å². The molecule has 1 fully saturated rings. The van der Waals surface area contributed by atoms with Crippen LogP contribution >= 0.6 is 0 Å². The Kier molecular flexibility index (Phi) is 5.10. The number of nitrogens with two attached hydrogens (primary N) is 1. The van der Waals surface area contributed by atoms with Gasteiger partial charge in [0.15, 0.2) is 0 Å². The third-order valence-corrected chi connectivity index (χ3v) is 6.77. The summed E-state index contributed by atoms with van der Waals surface area (Å²) in [6, 6.07) is 11.8. The number of hydrogen-bond donors (Lipinski definition) is 1. The van der Waals surface area contributed by atoms with Crippen LogP contribution in [-0.2, 0) is 26.8 Å². The summed E-state index contributed by atoms with van der Waals surface area (Å²) < 4.78 is 34.4. The number of nitrogens with zero attached hydrogens (tertiary/aromatic N) is 1. The second-order valence-corrected chi connectivity index (χ2v) is 9.04. The van der Waals surface area contributed by atoms with E-state index in [9.17, 15) is 13.2 Å². The molecule has 1 spiro atoms. The average Bonchev–Trinajstić information content (AvgIpc) is 2.73. The van der Waals surface area contributed by atoms with E-state index < -0.39 is 10.0 Å². The summed E-state index contributed by atoms with van der Waals surface area (Å²) in [7, 11) is -2.11. The lowest BCUT2D eigenvalue weighted by Crippen LogP contribution is -2.48. The molecule has 154 valence electrons. The fraction of sp³-hybridized carbons (Fsp3) is 0.381. The fourth-order valence-corrected chi connectivity index (χ4v) is 4.75. The molecule has 1 amide bonds. The molecule has 0 unspecified atom stereocenters. The first kappa shape index (κ1) is 19.9. The predicted molar refractivity (Wildman–Crippen MR) is 107 cm³/mol. The van der Waals surface area contributed by atoms with E-state index >= 15 is 0 Å². The number of primary sulfonamides is 1. The van der Waals surface area contributed by atoms with Crippen molar-refractivity contribution in [3.63, 3.8) is 0 Å². The number of benzene rings is 2. The quantitative estimate of drug-likeness (QED) is 0.826. The third kappa shape index (κ3) is 3.75. The molecule has 0 atom stereocenters. The molecule has 2 aliphatic heterocycles. The number of sulfonamides is 1. The minimum atomic E-state index is -3.77. The second kappa shape index (κ2) is 7.44. The van der Waals surface area contributed by atoms with E-state index in [0.29, 0.717) is 38.1 Å². The van der Waals surface area contributed by atoms with Crippen molar-refractivity contribution in [1.82, 2.24) is 4.90 Å². The van der Waals surface area contributed by atoms with E-state index in [4.69, 9.17) is 14.6 Å². The van der Waals surface area contributed by atoms with Crippen LogP contribution in [0.25, 0.3) is 0 Å². The number of hydrogen-bond acceptors (Lipinski definition) is 5. The Morgan fingerprint density at radius 2 is 1.83 bits per heavy atom. The highest BCUT2D eigenvalue weighted by Gasteiger charge is 2.41. The van der Waals surface area contributed by atoms with Crippen LogP contribution in [0.5, 0.6) is 5.75 Å². The van der Waals surface area contributed by atoms with Crippen molar-refractivity contribution in [1.29, 1.82) is 0 Å². The molecule has 2 heterocycles. The molecular formula is C21H24N2O5S. The van der Waals surface area contributed by atoms with Crippen molar-refractivity contribution in [2.45, 2.75) is 29.8 Å². The predicted octanol–water partition coefficient (Wildman–Crippen LogP) is 2.05. The Hall–Kier alpha value is -2.42. The molecular weight excluding hydrogens is 392 g/mol. The number of piperidine rings is 1. The van der Waals surface area contributed by atoms with Gasteiger partial charge in [-0.2, -0.15) is 0 Å². The van der Waals surface area contributed by atoms with Gasteiger partial charge in [0.1, 0.15) is 5.75 Å². The van der Waals surface area contributed by atoms with Crippen molar-refractivity contribution in [2.24, 2.45) is 5.14 Å². The van der Waals surface area contributed by atoms with Gasteiger partial charge in [-0.15, -0.1) is 0 Å². The van der Waals surface area contributed by atoms with Crippen molar-refractivity contribution < 1.29 is 22.7 Å². The highest BCUT2D eigenvalue weighted by Crippen LogP contribution is 2.42. The number of likely N-dealkylation sites (tertiary alicyclic amines) is 1. The lowest BCUT2D eigenvalue weighted by atomic mass is 9.79. The maximum Gasteiger partial charge on any atom is 0.253 e. The topological polar surface area (TPSA) is 98.9 Å². The number of carbonyl (C=O) groups is 1. The standard InChI is InChI=1S/C21H24N2O5S/c1-27-17-4-7-19-16(14-17)8-13-28-21(19)9-11-23(12-10-21)20(24)15-2-5-18(6-3-15)29(22,25)26/h2-7,14H,8-13H2,1H3,(H2,22,25,26). The first-order valence-electron chi connectivity index (χ1n) is 9.56. The number of ether oxygens (including phenoxy) is 2. The maximum atomic E-state index is 12.8. The van der Waals surface area contributed by atoms with Gasteiger partial charge in [-0.1, -0.05) is 6.07 Å². The average molecular weight is 416 g/mol. The fourth-order valence-electron chi connectivity index (χ4n) is 4.24. The zero-order valence-electron chi connectivity index (χ0n) is 16.3. The smallest absolute Gasteiger partial charge is 0.253 e. The minimum absolute atomic E-state index is 0.00529. The Morgan fingerprint density at radius 1 is 1.14 bits per heavy atom. The van der Waals surface area contributed by atoms with Crippen LogP contribution in [0, 0.1) is 0 Å². The van der Waals surface area contributed by atoms with Crippen LogP contribution in [-0.4, -0.2) is 46.0 Å². The first-order valence-corrected chi connectivity index (χ1v) is 11.1. The minimum Gasteiger partial charge on any atom is -0.497 e. The first-order chi connectivity index (χ1) is 13.8. The summed E-state index contributed by atoms with van der Waals surface area (Å²) in [5.41, 5.74) is 2.51. The van der Waals surface area contributed by atoms with E-state index in [0.717, 1.165) is 12.2 Å². The van der Waals surface area contributed by atoms with Crippen LogP contribution in [0.1, 0.15) is 34.3 Å². The number of amides is 1. The van der Waals surface area contributed by atoms with Crippen molar-refractivity contribution >= 4 is 15.9 Å². The lowest BCUT2D eigenvalue weighted by Gasteiger charge is -2.45. The molecule has 1 saturated heterocycles. The zero-order valence-corrected chi connectivity index (χ0v) is 17.1. The van der Waals surface area contributed by atoms with Gasteiger partial charge in [-0.25, -0.2) is 13.6 Å². The van der Waals surface area contributed by atoms with Gasteiger partial charge in [-0.05, 0) is 66.8 Å². The summed E-state index contributed by atoms with van der Waals surface area (Å²) in [5, 5.41) is 5.12. The zero-order chi connectivity index (χ0) is 20.6. The van der Waals surface area contributed by atoms with Crippen LogP contribution in [0.2, 0.25) is 0 Å². The highest BCUT2D eigenvalue weighted by atomic mass is 32.2. The molecule has 0 saturated carbocycles. The van der Waals surface area contributed by atoms with E-state index in [-0.39, 0.29) is 16.4 Å².